The van der Waals surface area contributed by atoms with Crippen LogP contribution in [-0.4, -0.2) is 44.7 Å². The van der Waals surface area contributed by atoms with Crippen LogP contribution >= 0.6 is 0 Å². The minimum atomic E-state index is -0.667. The van der Waals surface area contributed by atoms with E-state index in [-0.39, 0.29) is 48.5 Å². The molecular weight excluding hydrogens is 346 g/mol. The Morgan fingerprint density at radius 2 is 2.08 bits per heavy atom. The van der Waals surface area contributed by atoms with Crippen LogP contribution in [0.2, 0.25) is 0 Å². The Balaban J connectivity index is 1.62. The zero-order chi connectivity index (χ0) is 18.7. The zero-order valence-corrected chi connectivity index (χ0v) is 13.6. The highest BCUT2D eigenvalue weighted by atomic mass is 16.6. The highest BCUT2D eigenvalue weighted by Gasteiger charge is 2.23. The van der Waals surface area contributed by atoms with Gasteiger partial charge in [-0.2, -0.15) is 10.1 Å². The number of amides is 1. The number of hydrogen-bond acceptors (Lipinski definition) is 9. The molecule has 1 aliphatic rings. The lowest BCUT2D eigenvalue weighted by Gasteiger charge is -2.18. The van der Waals surface area contributed by atoms with Gasteiger partial charge in [-0.3, -0.25) is 14.9 Å². The Bertz CT molecular complexity index is 888. The van der Waals surface area contributed by atoms with Crippen molar-refractivity contribution in [3.63, 3.8) is 0 Å². The van der Waals surface area contributed by atoms with Crippen LogP contribution in [0.3, 0.4) is 0 Å². The SMILES string of the molecule is CN1N=C(C(=O)OCc2nc(-c3ccc([N+](=O)[O-])cc3)no2)CCC1=O. The third-order valence-corrected chi connectivity index (χ3v) is 3.57. The maximum absolute atomic E-state index is 12.0. The lowest BCUT2D eigenvalue weighted by atomic mass is 10.2. The molecule has 3 rings (SSSR count). The number of hydrogen-bond donors (Lipinski definition) is 0. The lowest BCUT2D eigenvalue weighted by molar-refractivity contribution is -0.384. The van der Waals surface area contributed by atoms with E-state index in [0.29, 0.717) is 5.56 Å². The molecule has 2 heterocycles. The summed E-state index contributed by atoms with van der Waals surface area (Å²) in [6.07, 6.45) is 0.398. The minimum absolute atomic E-state index is 0.0527. The standard InChI is InChI=1S/C15H13N5O6/c1-19-13(21)7-6-11(17-19)15(22)25-8-12-16-14(18-26-12)9-2-4-10(5-3-9)20(23)24/h2-5H,6-8H2,1H3. The van der Waals surface area contributed by atoms with Gasteiger partial charge in [-0.05, 0) is 12.1 Å². The Kier molecular flexibility index (Phi) is 4.69. The largest absolute Gasteiger partial charge is 0.451 e. The van der Waals surface area contributed by atoms with Crippen molar-refractivity contribution in [1.82, 2.24) is 15.1 Å². The van der Waals surface area contributed by atoms with E-state index in [9.17, 15) is 19.7 Å². The lowest BCUT2D eigenvalue weighted by Crippen LogP contribution is -2.32. The molecule has 1 aliphatic heterocycles. The molecule has 0 unspecified atom stereocenters. The molecule has 0 radical (unpaired) electrons. The molecule has 0 saturated carbocycles. The number of non-ortho nitro benzene ring substituents is 1. The van der Waals surface area contributed by atoms with Crippen LogP contribution in [-0.2, 0) is 20.9 Å². The van der Waals surface area contributed by atoms with Gasteiger partial charge in [0.1, 0.15) is 5.71 Å². The summed E-state index contributed by atoms with van der Waals surface area (Å²) in [5.74, 6) is -0.565. The van der Waals surface area contributed by atoms with E-state index >= 15 is 0 Å². The first-order valence-electron chi connectivity index (χ1n) is 7.52. The topological polar surface area (TPSA) is 141 Å². The van der Waals surface area contributed by atoms with Gasteiger partial charge in [-0.15, -0.1) is 0 Å². The molecule has 11 heteroatoms. The van der Waals surface area contributed by atoms with Gasteiger partial charge in [0.05, 0.1) is 4.92 Å². The van der Waals surface area contributed by atoms with Gasteiger partial charge in [-0.1, -0.05) is 5.16 Å². The number of nitro groups is 1. The van der Waals surface area contributed by atoms with Crippen LogP contribution in [0, 0.1) is 10.1 Å². The van der Waals surface area contributed by atoms with Gasteiger partial charge in [0.25, 0.3) is 11.6 Å². The van der Waals surface area contributed by atoms with Crippen LogP contribution in [0.1, 0.15) is 18.7 Å². The molecule has 134 valence electrons. The fraction of sp³-hybridized carbons (Fsp3) is 0.267. The van der Waals surface area contributed by atoms with E-state index in [4.69, 9.17) is 9.26 Å². The Morgan fingerprint density at radius 3 is 2.73 bits per heavy atom. The summed E-state index contributed by atoms with van der Waals surface area (Å²) in [7, 11) is 1.46. The fourth-order valence-corrected chi connectivity index (χ4v) is 2.19. The van der Waals surface area contributed by atoms with E-state index in [0.717, 1.165) is 5.01 Å². The molecular formula is C15H13N5O6. The molecule has 26 heavy (non-hydrogen) atoms. The number of aromatic nitrogens is 2. The minimum Gasteiger partial charge on any atom is -0.451 e. The van der Waals surface area contributed by atoms with Gasteiger partial charge < -0.3 is 9.26 Å². The first kappa shape index (κ1) is 17.2. The van der Waals surface area contributed by atoms with Crippen LogP contribution < -0.4 is 0 Å². The molecule has 0 saturated heterocycles. The second kappa shape index (κ2) is 7.09. The molecule has 1 aromatic carbocycles. The Labute approximate surface area is 146 Å². The van der Waals surface area contributed by atoms with Crippen molar-refractivity contribution < 1.29 is 23.8 Å². The predicted molar refractivity (Wildman–Crippen MR) is 85.6 cm³/mol. The van der Waals surface area contributed by atoms with Crippen molar-refractivity contribution in [2.75, 3.05) is 7.05 Å². The third kappa shape index (κ3) is 3.71. The summed E-state index contributed by atoms with van der Waals surface area (Å²) in [5, 5.41) is 19.3. The van der Waals surface area contributed by atoms with E-state index in [1.807, 2.05) is 0 Å². The molecule has 0 aliphatic carbocycles. The Hall–Kier alpha value is -3.63. The summed E-state index contributed by atoms with van der Waals surface area (Å²) < 4.78 is 10.1. The van der Waals surface area contributed by atoms with Crippen LogP contribution in [0.25, 0.3) is 11.4 Å². The monoisotopic (exact) mass is 359 g/mol. The highest BCUT2D eigenvalue weighted by molar-refractivity contribution is 6.37. The van der Waals surface area contributed by atoms with Crippen molar-refractivity contribution >= 4 is 23.3 Å². The summed E-state index contributed by atoms with van der Waals surface area (Å²) in [6, 6.07) is 5.62. The molecule has 11 nitrogen and oxygen atoms in total. The van der Waals surface area contributed by atoms with Gasteiger partial charge in [0, 0.05) is 37.6 Å². The average molecular weight is 359 g/mol. The van der Waals surface area contributed by atoms with Crippen LogP contribution in [0.5, 0.6) is 0 Å². The summed E-state index contributed by atoms with van der Waals surface area (Å²) in [6.45, 7) is -0.254. The second-order valence-corrected chi connectivity index (χ2v) is 5.36. The van der Waals surface area contributed by atoms with Crippen LogP contribution in [0.4, 0.5) is 5.69 Å². The molecule has 0 atom stereocenters. The molecule has 0 spiro atoms. The number of carbonyl (C=O) groups is 2. The van der Waals surface area contributed by atoms with E-state index in [2.05, 4.69) is 15.2 Å². The number of hydrazone groups is 1. The fourth-order valence-electron chi connectivity index (χ4n) is 2.19. The van der Waals surface area contributed by atoms with Gasteiger partial charge in [0.2, 0.25) is 11.7 Å². The predicted octanol–water partition coefficient (Wildman–Crippen LogP) is 1.30. The van der Waals surface area contributed by atoms with Crippen molar-refractivity contribution in [2.45, 2.75) is 19.4 Å². The molecule has 0 bridgehead atoms. The number of nitrogens with zero attached hydrogens (tertiary/aromatic N) is 5. The number of rotatable bonds is 5. The Morgan fingerprint density at radius 1 is 1.35 bits per heavy atom. The smallest absolute Gasteiger partial charge is 0.355 e. The molecule has 0 N–H and O–H groups in total. The molecule has 2 aromatic rings. The number of benzene rings is 1. The molecule has 1 aromatic heterocycles. The number of esters is 1. The van der Waals surface area contributed by atoms with Gasteiger partial charge >= 0.3 is 5.97 Å². The maximum atomic E-state index is 12.0. The number of ether oxygens (including phenoxy) is 1. The maximum Gasteiger partial charge on any atom is 0.355 e. The first-order valence-corrected chi connectivity index (χ1v) is 7.52. The van der Waals surface area contributed by atoms with Crippen molar-refractivity contribution in [1.29, 1.82) is 0 Å². The van der Waals surface area contributed by atoms with E-state index < -0.39 is 10.9 Å². The summed E-state index contributed by atoms with van der Waals surface area (Å²) >= 11 is 0. The zero-order valence-electron chi connectivity index (χ0n) is 13.6. The quantitative estimate of drug-likeness (QED) is 0.442. The molecule has 0 fully saturated rings. The van der Waals surface area contributed by atoms with E-state index in [1.165, 1.54) is 31.3 Å². The average Bonchev–Trinajstić information content (AvgIpc) is 3.11. The van der Waals surface area contributed by atoms with Crippen molar-refractivity contribution in [3.05, 3.63) is 40.3 Å². The summed E-state index contributed by atoms with van der Waals surface area (Å²) in [5.41, 5.74) is 0.610. The normalized spacial score (nSPS) is 14.1. The second-order valence-electron chi connectivity index (χ2n) is 5.36. The van der Waals surface area contributed by atoms with Gasteiger partial charge in [-0.25, -0.2) is 9.80 Å². The highest BCUT2D eigenvalue weighted by Crippen LogP contribution is 2.20. The van der Waals surface area contributed by atoms with Gasteiger partial charge in [0.15, 0.2) is 6.61 Å². The number of carbonyl (C=O) groups excluding carboxylic acids is 2. The third-order valence-electron chi connectivity index (χ3n) is 3.57. The first-order chi connectivity index (χ1) is 12.4. The van der Waals surface area contributed by atoms with E-state index in [1.54, 1.807) is 0 Å². The van der Waals surface area contributed by atoms with Crippen molar-refractivity contribution in [3.8, 4) is 11.4 Å². The molecule has 1 amide bonds. The van der Waals surface area contributed by atoms with Crippen molar-refractivity contribution in [2.24, 2.45) is 5.10 Å². The van der Waals surface area contributed by atoms with Crippen LogP contribution in [0.15, 0.2) is 33.9 Å². The summed E-state index contributed by atoms with van der Waals surface area (Å²) in [4.78, 5) is 37.5. The number of nitro benzene ring substituents is 1.